The number of para-hydroxylation sites is 2. The fourth-order valence-electron chi connectivity index (χ4n) is 2.21. The zero-order valence-corrected chi connectivity index (χ0v) is 15.0. The van der Waals surface area contributed by atoms with Crippen molar-refractivity contribution < 1.29 is 14.3 Å². The van der Waals surface area contributed by atoms with E-state index in [0.29, 0.717) is 24.5 Å². The fourth-order valence-corrected chi connectivity index (χ4v) is 2.21. The van der Waals surface area contributed by atoms with Crippen LogP contribution in [0.2, 0.25) is 0 Å². The topological polar surface area (TPSA) is 58.6 Å². The molecular formula is C18H28N2O3. The van der Waals surface area contributed by atoms with Gasteiger partial charge in [0, 0.05) is 13.1 Å². The predicted octanol–water partition coefficient (Wildman–Crippen LogP) is 3.31. The minimum atomic E-state index is -1.14. The van der Waals surface area contributed by atoms with E-state index in [9.17, 15) is 9.59 Å². The van der Waals surface area contributed by atoms with E-state index in [1.165, 1.54) is 0 Å². The van der Waals surface area contributed by atoms with Crippen molar-refractivity contribution in [2.24, 2.45) is 5.41 Å². The summed E-state index contributed by atoms with van der Waals surface area (Å²) in [7, 11) is 0. The molecule has 0 saturated heterocycles. The summed E-state index contributed by atoms with van der Waals surface area (Å²) in [6.07, 6.45) is -0.00151. The van der Waals surface area contributed by atoms with Crippen molar-refractivity contribution in [2.45, 2.75) is 47.6 Å². The number of carbonyl (C=O) groups excluding carboxylic acids is 2. The van der Waals surface area contributed by atoms with Gasteiger partial charge in [0.15, 0.2) is 0 Å². The summed E-state index contributed by atoms with van der Waals surface area (Å²) in [6.45, 7) is 12.1. The first kappa shape index (κ1) is 19.0. The summed E-state index contributed by atoms with van der Waals surface area (Å²) in [5.74, 6) is 0.0819. The normalized spacial score (nSPS) is 11.3. The molecule has 5 nitrogen and oxygen atoms in total. The number of amides is 2. The maximum atomic E-state index is 12.6. The maximum Gasteiger partial charge on any atom is 0.239 e. The number of nitrogens with one attached hydrogen (secondary N) is 1. The molecule has 1 aromatic rings. The highest BCUT2D eigenvalue weighted by atomic mass is 16.5. The van der Waals surface area contributed by atoms with Crippen LogP contribution in [0.25, 0.3) is 0 Å². The van der Waals surface area contributed by atoms with Crippen molar-refractivity contribution in [3.05, 3.63) is 24.3 Å². The summed E-state index contributed by atoms with van der Waals surface area (Å²) in [6, 6.07) is 7.24. The van der Waals surface area contributed by atoms with Gasteiger partial charge in [-0.2, -0.15) is 0 Å². The van der Waals surface area contributed by atoms with E-state index in [-0.39, 0.29) is 17.9 Å². The lowest BCUT2D eigenvalue weighted by molar-refractivity contribution is -0.146. The lowest BCUT2D eigenvalue weighted by Crippen LogP contribution is -2.47. The summed E-state index contributed by atoms with van der Waals surface area (Å²) >= 11 is 0. The number of nitrogens with zero attached hydrogens (tertiary/aromatic N) is 1. The predicted molar refractivity (Wildman–Crippen MR) is 92.5 cm³/mol. The Morgan fingerprint density at radius 2 is 1.74 bits per heavy atom. The Morgan fingerprint density at radius 1 is 1.17 bits per heavy atom. The highest BCUT2D eigenvalue weighted by Crippen LogP contribution is 2.28. The monoisotopic (exact) mass is 320 g/mol. The van der Waals surface area contributed by atoms with Gasteiger partial charge in [0.2, 0.25) is 11.8 Å². The van der Waals surface area contributed by atoms with Gasteiger partial charge in [-0.1, -0.05) is 12.1 Å². The standard InChI is InChI=1S/C18H28N2O3/c1-7-20(8-2)17(22)18(5,6)16(21)19-14-11-9-10-12-15(14)23-13(3)4/h9-13H,7-8H2,1-6H3,(H,19,21). The molecule has 0 saturated carbocycles. The first-order valence-corrected chi connectivity index (χ1v) is 8.10. The SMILES string of the molecule is CCN(CC)C(=O)C(C)(C)C(=O)Nc1ccccc1OC(C)C. The van der Waals surface area contributed by atoms with Crippen LogP contribution in [0.4, 0.5) is 5.69 Å². The quantitative estimate of drug-likeness (QED) is 0.784. The second-order valence-corrected chi connectivity index (χ2v) is 6.22. The first-order valence-electron chi connectivity index (χ1n) is 8.10. The molecule has 0 radical (unpaired) electrons. The van der Waals surface area contributed by atoms with Crippen molar-refractivity contribution in [3.63, 3.8) is 0 Å². The lowest BCUT2D eigenvalue weighted by atomic mass is 9.90. The molecule has 0 aliphatic carbocycles. The van der Waals surface area contributed by atoms with Gasteiger partial charge in [0.1, 0.15) is 11.2 Å². The third-order valence-electron chi connectivity index (χ3n) is 3.65. The molecule has 0 aliphatic rings. The van der Waals surface area contributed by atoms with Crippen LogP contribution >= 0.6 is 0 Å². The highest BCUT2D eigenvalue weighted by Gasteiger charge is 2.38. The Hall–Kier alpha value is -2.04. The number of hydrogen-bond donors (Lipinski definition) is 1. The van der Waals surface area contributed by atoms with Gasteiger partial charge in [0.25, 0.3) is 0 Å². The Balaban J connectivity index is 2.96. The molecule has 5 heteroatoms. The largest absolute Gasteiger partial charge is 0.489 e. The van der Waals surface area contributed by atoms with Gasteiger partial charge in [-0.3, -0.25) is 9.59 Å². The number of ether oxygens (including phenoxy) is 1. The van der Waals surface area contributed by atoms with Gasteiger partial charge in [-0.15, -0.1) is 0 Å². The van der Waals surface area contributed by atoms with Gasteiger partial charge < -0.3 is 15.0 Å². The second-order valence-electron chi connectivity index (χ2n) is 6.22. The van der Waals surface area contributed by atoms with E-state index in [0.717, 1.165) is 0 Å². The number of carbonyl (C=O) groups is 2. The van der Waals surface area contributed by atoms with E-state index in [1.807, 2.05) is 39.8 Å². The van der Waals surface area contributed by atoms with Crippen LogP contribution in [0.3, 0.4) is 0 Å². The third-order valence-corrected chi connectivity index (χ3v) is 3.65. The molecule has 23 heavy (non-hydrogen) atoms. The van der Waals surface area contributed by atoms with Crippen LogP contribution in [0, 0.1) is 5.41 Å². The Morgan fingerprint density at radius 3 is 2.26 bits per heavy atom. The highest BCUT2D eigenvalue weighted by molar-refractivity contribution is 6.10. The van der Waals surface area contributed by atoms with E-state index in [4.69, 9.17) is 4.74 Å². The van der Waals surface area contributed by atoms with Crippen LogP contribution in [0.15, 0.2) is 24.3 Å². The van der Waals surface area contributed by atoms with Gasteiger partial charge >= 0.3 is 0 Å². The van der Waals surface area contributed by atoms with Gasteiger partial charge in [0.05, 0.1) is 11.8 Å². The Kier molecular flexibility index (Phi) is 6.61. The first-order chi connectivity index (χ1) is 10.7. The summed E-state index contributed by atoms with van der Waals surface area (Å²) in [5.41, 5.74) is -0.566. The van der Waals surface area contributed by atoms with E-state index < -0.39 is 5.41 Å². The molecule has 128 valence electrons. The molecule has 2 amide bonds. The minimum absolute atomic E-state index is 0.00151. The van der Waals surface area contributed by atoms with Crippen molar-refractivity contribution in [1.82, 2.24) is 4.90 Å². The fraction of sp³-hybridized carbons (Fsp3) is 0.556. The number of hydrogen-bond acceptors (Lipinski definition) is 3. The van der Waals surface area contributed by atoms with Crippen molar-refractivity contribution in [3.8, 4) is 5.75 Å². The number of anilines is 1. The molecule has 1 aromatic carbocycles. The molecule has 0 bridgehead atoms. The Labute approximate surface area is 139 Å². The molecule has 0 atom stereocenters. The molecule has 0 fully saturated rings. The van der Waals surface area contributed by atoms with Crippen LogP contribution in [0.5, 0.6) is 5.75 Å². The van der Waals surface area contributed by atoms with Crippen LogP contribution in [-0.2, 0) is 9.59 Å². The van der Waals surface area contributed by atoms with Crippen LogP contribution < -0.4 is 10.1 Å². The lowest BCUT2D eigenvalue weighted by Gasteiger charge is -2.29. The summed E-state index contributed by atoms with van der Waals surface area (Å²) in [5, 5.41) is 2.83. The maximum absolute atomic E-state index is 12.6. The summed E-state index contributed by atoms with van der Waals surface area (Å²) in [4.78, 5) is 26.9. The number of rotatable bonds is 7. The molecule has 1 N–H and O–H groups in total. The van der Waals surface area contributed by atoms with Crippen molar-refractivity contribution >= 4 is 17.5 Å². The van der Waals surface area contributed by atoms with Crippen molar-refractivity contribution in [2.75, 3.05) is 18.4 Å². The smallest absolute Gasteiger partial charge is 0.239 e. The molecule has 0 aliphatic heterocycles. The van der Waals surface area contributed by atoms with E-state index in [1.54, 1.807) is 30.9 Å². The third kappa shape index (κ3) is 4.71. The summed E-state index contributed by atoms with van der Waals surface area (Å²) < 4.78 is 5.70. The minimum Gasteiger partial charge on any atom is -0.489 e. The van der Waals surface area contributed by atoms with Gasteiger partial charge in [-0.05, 0) is 53.7 Å². The Bertz CT molecular complexity index is 549. The van der Waals surface area contributed by atoms with Crippen LogP contribution in [0.1, 0.15) is 41.5 Å². The zero-order valence-electron chi connectivity index (χ0n) is 15.0. The molecule has 0 unspecified atom stereocenters. The molecule has 0 heterocycles. The number of benzene rings is 1. The molecule has 1 rings (SSSR count). The average molecular weight is 320 g/mol. The van der Waals surface area contributed by atoms with E-state index >= 15 is 0 Å². The van der Waals surface area contributed by atoms with Gasteiger partial charge in [-0.25, -0.2) is 0 Å². The van der Waals surface area contributed by atoms with Crippen molar-refractivity contribution in [1.29, 1.82) is 0 Å². The van der Waals surface area contributed by atoms with E-state index in [2.05, 4.69) is 5.32 Å². The molecule has 0 aromatic heterocycles. The zero-order chi connectivity index (χ0) is 17.6. The second kappa shape index (κ2) is 7.99. The average Bonchev–Trinajstić information content (AvgIpc) is 2.49. The van der Waals surface area contributed by atoms with Crippen LogP contribution in [-0.4, -0.2) is 35.9 Å². The molecular weight excluding hydrogens is 292 g/mol. The molecule has 0 spiro atoms.